The maximum absolute atomic E-state index is 11.7. The number of amides is 1. The zero-order chi connectivity index (χ0) is 10.7. The van der Waals surface area contributed by atoms with Gasteiger partial charge in [0.25, 0.3) is 5.91 Å². The normalized spacial score (nSPS) is 17.1. The van der Waals surface area contributed by atoms with E-state index in [-0.39, 0.29) is 11.3 Å². The summed E-state index contributed by atoms with van der Waals surface area (Å²) in [4.78, 5) is 11.7. The molecule has 1 aromatic carbocycles. The van der Waals surface area contributed by atoms with Crippen LogP contribution in [-0.2, 0) is 0 Å². The minimum Gasteiger partial charge on any atom is -0.351 e. The molecule has 3 N–H and O–H groups in total. The van der Waals surface area contributed by atoms with Crippen LogP contribution >= 0.6 is 0 Å². The molecule has 2 rings (SSSR count). The lowest BCUT2D eigenvalue weighted by atomic mass is 10.1. The van der Waals surface area contributed by atoms with Crippen LogP contribution in [0.15, 0.2) is 30.3 Å². The summed E-state index contributed by atoms with van der Waals surface area (Å²) in [5, 5.41) is 2.93. The van der Waals surface area contributed by atoms with Gasteiger partial charge < -0.3 is 11.1 Å². The van der Waals surface area contributed by atoms with Crippen molar-refractivity contribution in [2.24, 2.45) is 11.1 Å². The van der Waals surface area contributed by atoms with Crippen LogP contribution in [0.25, 0.3) is 0 Å². The second kappa shape index (κ2) is 4.03. The van der Waals surface area contributed by atoms with Crippen LogP contribution in [0.4, 0.5) is 0 Å². The monoisotopic (exact) mass is 204 g/mol. The van der Waals surface area contributed by atoms with Gasteiger partial charge in [0.15, 0.2) is 0 Å². The van der Waals surface area contributed by atoms with E-state index in [1.54, 1.807) is 0 Å². The van der Waals surface area contributed by atoms with Gasteiger partial charge in [-0.3, -0.25) is 4.79 Å². The Bertz CT molecular complexity index is 344. The largest absolute Gasteiger partial charge is 0.351 e. The van der Waals surface area contributed by atoms with Crippen molar-refractivity contribution >= 4 is 5.91 Å². The number of nitrogens with two attached hydrogens (primary N) is 1. The van der Waals surface area contributed by atoms with Crippen LogP contribution in [0.3, 0.4) is 0 Å². The van der Waals surface area contributed by atoms with Crippen molar-refractivity contribution in [2.45, 2.75) is 12.8 Å². The van der Waals surface area contributed by atoms with E-state index in [9.17, 15) is 4.79 Å². The van der Waals surface area contributed by atoms with Crippen LogP contribution < -0.4 is 11.1 Å². The van der Waals surface area contributed by atoms with Gasteiger partial charge in [-0.15, -0.1) is 0 Å². The molecule has 1 fully saturated rings. The summed E-state index contributed by atoms with van der Waals surface area (Å²) in [5.41, 5.74) is 6.55. The van der Waals surface area contributed by atoms with Crippen molar-refractivity contribution in [2.75, 3.05) is 13.1 Å². The highest BCUT2D eigenvalue weighted by Gasteiger charge is 2.41. The fourth-order valence-electron chi connectivity index (χ4n) is 1.59. The number of carbonyl (C=O) groups excluding carboxylic acids is 1. The van der Waals surface area contributed by atoms with Crippen LogP contribution in [0, 0.1) is 5.41 Å². The molecule has 0 spiro atoms. The first-order valence-electron chi connectivity index (χ1n) is 5.29. The lowest BCUT2D eigenvalue weighted by Crippen LogP contribution is -2.33. The third-order valence-electron chi connectivity index (χ3n) is 3.05. The van der Waals surface area contributed by atoms with Gasteiger partial charge in [0.2, 0.25) is 0 Å². The van der Waals surface area contributed by atoms with Crippen LogP contribution in [0.1, 0.15) is 23.2 Å². The first-order chi connectivity index (χ1) is 7.26. The summed E-state index contributed by atoms with van der Waals surface area (Å²) < 4.78 is 0. The molecule has 0 aliphatic heterocycles. The maximum atomic E-state index is 11.7. The maximum Gasteiger partial charge on any atom is 0.251 e. The van der Waals surface area contributed by atoms with E-state index in [4.69, 9.17) is 5.73 Å². The van der Waals surface area contributed by atoms with Crippen molar-refractivity contribution < 1.29 is 4.79 Å². The summed E-state index contributed by atoms with van der Waals surface area (Å²) >= 11 is 0. The summed E-state index contributed by atoms with van der Waals surface area (Å²) in [6.07, 6.45) is 2.27. The third-order valence-corrected chi connectivity index (χ3v) is 3.05. The molecule has 80 valence electrons. The molecule has 0 saturated heterocycles. The lowest BCUT2D eigenvalue weighted by molar-refractivity contribution is 0.0945. The van der Waals surface area contributed by atoms with E-state index in [0.29, 0.717) is 18.7 Å². The topological polar surface area (TPSA) is 55.1 Å². The molecule has 0 unspecified atom stereocenters. The van der Waals surface area contributed by atoms with E-state index in [1.165, 1.54) is 0 Å². The molecular weight excluding hydrogens is 188 g/mol. The highest BCUT2D eigenvalue weighted by molar-refractivity contribution is 5.94. The van der Waals surface area contributed by atoms with Crippen molar-refractivity contribution in [1.82, 2.24) is 5.32 Å². The molecule has 1 amide bonds. The molecule has 1 aliphatic rings. The van der Waals surface area contributed by atoms with Gasteiger partial charge in [-0.2, -0.15) is 0 Å². The average Bonchev–Trinajstić information content (AvgIpc) is 3.08. The summed E-state index contributed by atoms with van der Waals surface area (Å²) in [7, 11) is 0. The Balaban J connectivity index is 1.88. The van der Waals surface area contributed by atoms with Gasteiger partial charge >= 0.3 is 0 Å². The molecule has 1 aliphatic carbocycles. The molecule has 0 aromatic heterocycles. The molecule has 0 heterocycles. The molecule has 0 bridgehead atoms. The Hall–Kier alpha value is -1.35. The number of benzene rings is 1. The molecule has 1 aromatic rings. The van der Waals surface area contributed by atoms with E-state index >= 15 is 0 Å². The fourth-order valence-corrected chi connectivity index (χ4v) is 1.59. The van der Waals surface area contributed by atoms with Crippen LogP contribution in [0.5, 0.6) is 0 Å². The van der Waals surface area contributed by atoms with Crippen molar-refractivity contribution in [1.29, 1.82) is 0 Å². The molecule has 15 heavy (non-hydrogen) atoms. The zero-order valence-electron chi connectivity index (χ0n) is 8.70. The fraction of sp³-hybridized carbons (Fsp3) is 0.417. The minimum atomic E-state index is -0.00433. The number of hydrogen-bond acceptors (Lipinski definition) is 2. The quantitative estimate of drug-likeness (QED) is 0.773. The van der Waals surface area contributed by atoms with Crippen molar-refractivity contribution in [3.63, 3.8) is 0 Å². The molecule has 1 saturated carbocycles. The lowest BCUT2D eigenvalue weighted by Gasteiger charge is -2.13. The second-order valence-corrected chi connectivity index (χ2v) is 4.25. The summed E-state index contributed by atoms with van der Waals surface area (Å²) in [6.45, 7) is 1.37. The standard InChI is InChI=1S/C12H16N2O/c13-8-12(6-7-12)9-14-11(15)10-4-2-1-3-5-10/h1-5H,6-9,13H2,(H,14,15). The minimum absolute atomic E-state index is 0.00433. The molecule has 0 atom stereocenters. The van der Waals surface area contributed by atoms with Gasteiger partial charge in [0.1, 0.15) is 0 Å². The average molecular weight is 204 g/mol. The number of rotatable bonds is 4. The van der Waals surface area contributed by atoms with Gasteiger partial charge in [-0.1, -0.05) is 18.2 Å². The third kappa shape index (κ3) is 2.36. The van der Waals surface area contributed by atoms with E-state index in [2.05, 4.69) is 5.32 Å². The van der Waals surface area contributed by atoms with Crippen LogP contribution in [-0.4, -0.2) is 19.0 Å². The zero-order valence-corrected chi connectivity index (χ0v) is 8.70. The SMILES string of the molecule is NCC1(CNC(=O)c2ccccc2)CC1. The van der Waals surface area contributed by atoms with E-state index < -0.39 is 0 Å². The Morgan fingerprint density at radius 2 is 2.00 bits per heavy atom. The predicted molar refractivity (Wildman–Crippen MR) is 59.5 cm³/mol. The highest BCUT2D eigenvalue weighted by atomic mass is 16.1. The Kier molecular flexibility index (Phi) is 2.73. The Morgan fingerprint density at radius 1 is 1.33 bits per heavy atom. The first-order valence-corrected chi connectivity index (χ1v) is 5.29. The van der Waals surface area contributed by atoms with Crippen molar-refractivity contribution in [3.8, 4) is 0 Å². The second-order valence-electron chi connectivity index (χ2n) is 4.25. The van der Waals surface area contributed by atoms with Gasteiger partial charge in [0.05, 0.1) is 0 Å². The Morgan fingerprint density at radius 3 is 2.53 bits per heavy atom. The number of nitrogens with one attached hydrogen (secondary N) is 1. The predicted octanol–water partition coefficient (Wildman–Crippen LogP) is 1.16. The van der Waals surface area contributed by atoms with Crippen LogP contribution in [0.2, 0.25) is 0 Å². The highest BCUT2D eigenvalue weighted by Crippen LogP contribution is 2.43. The van der Waals surface area contributed by atoms with Gasteiger partial charge in [-0.25, -0.2) is 0 Å². The molecule has 3 nitrogen and oxygen atoms in total. The molecular formula is C12H16N2O. The summed E-state index contributed by atoms with van der Waals surface area (Å²) in [6, 6.07) is 9.27. The van der Waals surface area contributed by atoms with Gasteiger partial charge in [-0.05, 0) is 31.5 Å². The van der Waals surface area contributed by atoms with Gasteiger partial charge in [0, 0.05) is 17.5 Å². The summed E-state index contributed by atoms with van der Waals surface area (Å²) in [5.74, 6) is -0.00433. The molecule has 3 heteroatoms. The first kappa shape index (κ1) is 10.2. The van der Waals surface area contributed by atoms with E-state index in [1.807, 2.05) is 30.3 Å². The van der Waals surface area contributed by atoms with E-state index in [0.717, 1.165) is 12.8 Å². The number of hydrogen-bond donors (Lipinski definition) is 2. The van der Waals surface area contributed by atoms with Crippen molar-refractivity contribution in [3.05, 3.63) is 35.9 Å². The molecule has 0 radical (unpaired) electrons. The smallest absolute Gasteiger partial charge is 0.251 e. The Labute approximate surface area is 89.7 Å². The number of carbonyl (C=O) groups is 1.